The third-order valence-electron chi connectivity index (χ3n) is 12.9. The van der Waals surface area contributed by atoms with Gasteiger partial charge in [-0.15, -0.1) is 0 Å². The first kappa shape index (κ1) is 26.6. The molecule has 9 atom stereocenters. The number of hydrogen-bond donors (Lipinski definition) is 0. The van der Waals surface area contributed by atoms with Gasteiger partial charge in [-0.3, -0.25) is 14.4 Å². The Balaban J connectivity index is 1.63. The minimum absolute atomic E-state index is 0.0918. The molecule has 0 unspecified atom stereocenters. The molecule has 0 aromatic rings. The van der Waals surface area contributed by atoms with Crippen molar-refractivity contribution in [2.45, 2.75) is 105 Å². The van der Waals surface area contributed by atoms with Crippen molar-refractivity contribution < 1.29 is 19.1 Å². The van der Waals surface area contributed by atoms with E-state index in [1.807, 2.05) is 6.08 Å². The van der Waals surface area contributed by atoms with Crippen LogP contribution in [0, 0.1) is 50.2 Å². The van der Waals surface area contributed by atoms with Crippen LogP contribution in [-0.4, -0.2) is 29.5 Å². The molecular formula is C31H45BrO4. The summed E-state index contributed by atoms with van der Waals surface area (Å²) >= 11 is 3.73. The third-order valence-corrected chi connectivity index (χ3v) is 13.7. The topological polar surface area (TPSA) is 60.4 Å². The Morgan fingerprint density at radius 1 is 0.944 bits per heavy atom. The zero-order chi connectivity index (χ0) is 26.7. The van der Waals surface area contributed by atoms with E-state index in [0.29, 0.717) is 0 Å². The summed E-state index contributed by atoms with van der Waals surface area (Å²) in [4.78, 5) is 40.2. The van der Waals surface area contributed by atoms with Crippen molar-refractivity contribution in [3.05, 3.63) is 11.6 Å². The van der Waals surface area contributed by atoms with Crippen molar-refractivity contribution in [2.24, 2.45) is 50.2 Å². The first-order chi connectivity index (χ1) is 16.5. The lowest BCUT2D eigenvalue weighted by atomic mass is 9.33. The number of alkyl halides is 1. The molecule has 4 nitrogen and oxygen atoms in total. The lowest BCUT2D eigenvalue weighted by molar-refractivity contribution is -0.187. The summed E-state index contributed by atoms with van der Waals surface area (Å²) in [6.07, 6.45) is 9.54. The minimum atomic E-state index is -0.501. The molecule has 5 rings (SSSR count). The van der Waals surface area contributed by atoms with Crippen LogP contribution < -0.4 is 0 Å². The molecule has 5 aliphatic rings. The summed E-state index contributed by atoms with van der Waals surface area (Å²) in [5, 5.41) is 0. The Hall–Kier alpha value is -0.970. The maximum Gasteiger partial charge on any atom is 0.311 e. The van der Waals surface area contributed by atoms with Gasteiger partial charge in [0.25, 0.3) is 0 Å². The Bertz CT molecular complexity index is 1060. The third kappa shape index (κ3) is 3.13. The molecule has 0 amide bonds. The highest BCUT2D eigenvalue weighted by molar-refractivity contribution is 9.10. The predicted molar refractivity (Wildman–Crippen MR) is 145 cm³/mol. The van der Waals surface area contributed by atoms with E-state index in [-0.39, 0.29) is 61.8 Å². The number of methoxy groups -OCH3 is 1. The van der Waals surface area contributed by atoms with Crippen LogP contribution in [0.2, 0.25) is 0 Å². The zero-order valence-electron chi connectivity index (χ0n) is 23.6. The second-order valence-corrected chi connectivity index (χ2v) is 16.1. The van der Waals surface area contributed by atoms with E-state index in [4.69, 9.17) is 4.74 Å². The number of ether oxygens (including phenoxy) is 1. The molecule has 4 fully saturated rings. The quantitative estimate of drug-likeness (QED) is 0.254. The number of carbonyl (C=O) groups excluding carboxylic acids is 3. The number of fused-ring (bicyclic) bond motifs is 7. The number of allylic oxidation sites excluding steroid dienone is 2. The van der Waals surface area contributed by atoms with Gasteiger partial charge in [-0.25, -0.2) is 0 Å². The first-order valence-corrected chi connectivity index (χ1v) is 14.9. The van der Waals surface area contributed by atoms with E-state index in [1.54, 1.807) is 0 Å². The summed E-state index contributed by atoms with van der Waals surface area (Å²) in [7, 11) is 1.49. The van der Waals surface area contributed by atoms with Crippen molar-refractivity contribution in [3.63, 3.8) is 0 Å². The average molecular weight is 562 g/mol. The monoisotopic (exact) mass is 560 g/mol. The van der Waals surface area contributed by atoms with E-state index < -0.39 is 10.8 Å². The Morgan fingerprint density at radius 2 is 1.58 bits per heavy atom. The normalized spacial score (nSPS) is 51.8. The lowest BCUT2D eigenvalue weighted by Gasteiger charge is -2.70. The van der Waals surface area contributed by atoms with Gasteiger partial charge >= 0.3 is 5.97 Å². The minimum Gasteiger partial charge on any atom is -0.469 e. The van der Waals surface area contributed by atoms with Crippen LogP contribution in [0.15, 0.2) is 11.6 Å². The van der Waals surface area contributed by atoms with Crippen molar-refractivity contribution in [1.82, 2.24) is 0 Å². The van der Waals surface area contributed by atoms with E-state index in [2.05, 4.69) is 64.4 Å². The van der Waals surface area contributed by atoms with Gasteiger partial charge in [0.2, 0.25) is 0 Å². The smallest absolute Gasteiger partial charge is 0.311 e. The molecule has 0 saturated heterocycles. The maximum atomic E-state index is 14.4. The van der Waals surface area contributed by atoms with Crippen LogP contribution in [0.25, 0.3) is 0 Å². The van der Waals surface area contributed by atoms with Gasteiger partial charge in [-0.05, 0) is 97.9 Å². The summed E-state index contributed by atoms with van der Waals surface area (Å²) in [5.41, 5.74) is -0.00477. The summed E-state index contributed by atoms with van der Waals surface area (Å²) < 4.78 is 5.25. The zero-order valence-corrected chi connectivity index (χ0v) is 25.1. The van der Waals surface area contributed by atoms with Crippen LogP contribution in [0.1, 0.15) is 99.8 Å². The Labute approximate surface area is 225 Å². The van der Waals surface area contributed by atoms with Crippen molar-refractivity contribution >= 4 is 33.5 Å². The van der Waals surface area contributed by atoms with Gasteiger partial charge < -0.3 is 4.74 Å². The number of Topliss-reactive ketones (excluding diaryl/α,β-unsaturated/α-hetero) is 1. The lowest BCUT2D eigenvalue weighted by Crippen LogP contribution is -2.67. The standard InChI is InChI=1S/C31H45BrO4/c1-26(2)22-9-10-31(7)23(29(22,5)17-20(32)24(26)34)21(33)15-18-19-16-28(4,25(35)36-8)12-11-27(19,3)13-14-30(18,31)6/h15,19-20,22-23H,9-14,16-17H2,1-8H3/t19-,20+,22+,23+,27-,28+,29+,30-,31-/m1/s1. The number of rotatable bonds is 1. The van der Waals surface area contributed by atoms with E-state index in [9.17, 15) is 14.4 Å². The second-order valence-electron chi connectivity index (χ2n) is 15.0. The van der Waals surface area contributed by atoms with Crippen molar-refractivity contribution in [2.75, 3.05) is 7.11 Å². The van der Waals surface area contributed by atoms with E-state index in [1.165, 1.54) is 12.7 Å². The van der Waals surface area contributed by atoms with Crippen LogP contribution in [0.3, 0.4) is 0 Å². The Kier molecular flexibility index (Phi) is 5.76. The van der Waals surface area contributed by atoms with Crippen molar-refractivity contribution in [1.29, 1.82) is 0 Å². The molecule has 4 saturated carbocycles. The average Bonchev–Trinajstić information content (AvgIpc) is 2.79. The van der Waals surface area contributed by atoms with E-state index >= 15 is 0 Å². The number of esters is 1. The van der Waals surface area contributed by atoms with Crippen LogP contribution >= 0.6 is 15.9 Å². The van der Waals surface area contributed by atoms with Gasteiger partial charge in [0.05, 0.1) is 17.4 Å². The number of ketones is 2. The fourth-order valence-electron chi connectivity index (χ4n) is 10.5. The molecule has 0 N–H and O–H groups in total. The molecule has 200 valence electrons. The highest BCUT2D eigenvalue weighted by Crippen LogP contribution is 2.75. The second kappa shape index (κ2) is 7.79. The molecule has 0 aliphatic heterocycles. The van der Waals surface area contributed by atoms with Crippen LogP contribution in [0.4, 0.5) is 0 Å². The molecule has 0 aromatic heterocycles. The Morgan fingerprint density at radius 3 is 2.22 bits per heavy atom. The van der Waals surface area contributed by atoms with Gasteiger partial charge in [0, 0.05) is 11.3 Å². The van der Waals surface area contributed by atoms with Crippen molar-refractivity contribution in [3.8, 4) is 0 Å². The summed E-state index contributed by atoms with van der Waals surface area (Å²) in [5.74, 6) is 0.764. The summed E-state index contributed by atoms with van der Waals surface area (Å²) in [6.45, 7) is 15.8. The predicted octanol–water partition coefficient (Wildman–Crippen LogP) is 7.08. The van der Waals surface area contributed by atoms with E-state index in [0.717, 1.165) is 51.4 Å². The summed E-state index contributed by atoms with van der Waals surface area (Å²) in [6, 6.07) is 0. The van der Waals surface area contributed by atoms with Gasteiger partial charge in [-0.2, -0.15) is 0 Å². The highest BCUT2D eigenvalue weighted by atomic mass is 79.9. The fraction of sp³-hybridized carbons (Fsp3) is 0.839. The molecule has 0 heterocycles. The number of hydrogen-bond acceptors (Lipinski definition) is 4. The molecule has 0 aromatic carbocycles. The highest BCUT2D eigenvalue weighted by Gasteiger charge is 2.71. The van der Waals surface area contributed by atoms with Gasteiger partial charge in [0.1, 0.15) is 0 Å². The molecular weight excluding hydrogens is 516 g/mol. The molecule has 5 heteroatoms. The number of carbonyl (C=O) groups is 3. The fourth-order valence-corrected chi connectivity index (χ4v) is 11.8. The SMILES string of the molecule is COC(=O)[C@@]1(C)CC[C@]2(C)CC[C@]3(C)C(=CC(=O)[C@H]4[C@@]5(C)C[C@H](Br)C(=O)C(C)(C)[C@@H]5CC[C@]43C)[C@H]2C1. The molecule has 0 spiro atoms. The van der Waals surface area contributed by atoms with Crippen LogP contribution in [-0.2, 0) is 19.1 Å². The molecule has 0 radical (unpaired) electrons. The molecule has 36 heavy (non-hydrogen) atoms. The van der Waals surface area contributed by atoms with Crippen LogP contribution in [0.5, 0.6) is 0 Å². The number of halogens is 1. The molecule has 5 aliphatic carbocycles. The van der Waals surface area contributed by atoms with Gasteiger partial charge in [0.15, 0.2) is 11.6 Å². The molecule has 0 bridgehead atoms. The largest absolute Gasteiger partial charge is 0.469 e. The van der Waals surface area contributed by atoms with Gasteiger partial charge in [-0.1, -0.05) is 63.0 Å². The first-order valence-electron chi connectivity index (χ1n) is 14.0. The maximum absolute atomic E-state index is 14.4.